The molecule has 1 fully saturated rings. The van der Waals surface area contributed by atoms with Crippen LogP contribution in [-0.2, 0) is 0 Å². The maximum atomic E-state index is 12.7. The Morgan fingerprint density at radius 2 is 2.16 bits per heavy atom. The van der Waals surface area contributed by atoms with Gasteiger partial charge in [-0.25, -0.2) is 0 Å². The van der Waals surface area contributed by atoms with Crippen LogP contribution in [-0.4, -0.2) is 54.3 Å². The van der Waals surface area contributed by atoms with Gasteiger partial charge in [0.2, 0.25) is 0 Å². The van der Waals surface area contributed by atoms with Gasteiger partial charge in [-0.3, -0.25) is 9.48 Å². The zero-order valence-corrected chi connectivity index (χ0v) is 15.0. The van der Waals surface area contributed by atoms with Gasteiger partial charge < -0.3 is 15.5 Å². The Morgan fingerprint density at radius 3 is 2.84 bits per heavy atom. The van der Waals surface area contributed by atoms with E-state index in [1.54, 1.807) is 0 Å². The van der Waals surface area contributed by atoms with Crippen molar-refractivity contribution in [3.05, 3.63) is 53.9 Å². The second-order valence-corrected chi connectivity index (χ2v) is 6.88. The molecule has 1 saturated heterocycles. The summed E-state index contributed by atoms with van der Waals surface area (Å²) in [4.78, 5) is 14.8. The molecule has 2 unspecified atom stereocenters. The van der Waals surface area contributed by atoms with E-state index in [1.807, 2.05) is 61.4 Å². The van der Waals surface area contributed by atoms with Gasteiger partial charge in [-0.15, -0.1) is 0 Å². The lowest BCUT2D eigenvalue weighted by Crippen LogP contribution is -2.36. The number of piperidine rings is 1. The van der Waals surface area contributed by atoms with E-state index in [2.05, 4.69) is 20.6 Å². The summed E-state index contributed by atoms with van der Waals surface area (Å²) in [7, 11) is 4.01. The lowest BCUT2D eigenvalue weighted by molar-refractivity contribution is 0.0923. The number of amides is 1. The largest absolute Gasteiger partial charge is 0.343 e. The molecule has 0 saturated carbocycles. The van der Waals surface area contributed by atoms with Gasteiger partial charge in [-0.1, -0.05) is 30.3 Å². The first-order chi connectivity index (χ1) is 12.1. The van der Waals surface area contributed by atoms with E-state index in [0.29, 0.717) is 11.7 Å². The number of carbonyl (C=O) groups excluding carboxylic acids is 1. The molecule has 2 N–H and O–H groups in total. The van der Waals surface area contributed by atoms with Crippen LogP contribution in [0.25, 0.3) is 0 Å². The third-order valence-electron chi connectivity index (χ3n) is 4.54. The fourth-order valence-corrected chi connectivity index (χ4v) is 3.24. The van der Waals surface area contributed by atoms with Crippen LogP contribution in [0, 0.1) is 0 Å². The maximum absolute atomic E-state index is 12.7. The van der Waals surface area contributed by atoms with Crippen molar-refractivity contribution in [2.75, 3.05) is 33.7 Å². The van der Waals surface area contributed by atoms with Gasteiger partial charge in [0.05, 0.1) is 12.1 Å². The molecule has 134 valence electrons. The Kier molecular flexibility index (Phi) is 5.83. The number of aromatic nitrogens is 2. The highest BCUT2D eigenvalue weighted by Gasteiger charge is 2.20. The minimum Gasteiger partial charge on any atom is -0.343 e. The molecule has 6 heteroatoms. The van der Waals surface area contributed by atoms with Gasteiger partial charge in [0.1, 0.15) is 5.69 Å². The number of hydrogen-bond donors (Lipinski definition) is 2. The van der Waals surface area contributed by atoms with Gasteiger partial charge >= 0.3 is 0 Å². The quantitative estimate of drug-likeness (QED) is 0.842. The van der Waals surface area contributed by atoms with Crippen molar-refractivity contribution in [2.24, 2.45) is 0 Å². The Balaban J connectivity index is 1.69. The summed E-state index contributed by atoms with van der Waals surface area (Å²) in [5.74, 6) is -0.127. The SMILES string of the molecule is CN(C)CC(NC(=O)c1ccn(C2CCCNC2)n1)c1ccccc1. The molecular weight excluding hydrogens is 314 g/mol. The summed E-state index contributed by atoms with van der Waals surface area (Å²) in [5.41, 5.74) is 1.57. The molecule has 0 spiro atoms. The number of nitrogens with zero attached hydrogens (tertiary/aromatic N) is 3. The van der Waals surface area contributed by atoms with Crippen LogP contribution in [0.5, 0.6) is 0 Å². The number of hydrogen-bond acceptors (Lipinski definition) is 4. The fourth-order valence-electron chi connectivity index (χ4n) is 3.24. The third kappa shape index (κ3) is 4.67. The molecule has 2 atom stereocenters. The molecule has 0 radical (unpaired) electrons. The number of benzene rings is 1. The highest BCUT2D eigenvalue weighted by Crippen LogP contribution is 2.17. The minimum absolute atomic E-state index is 0.0646. The van der Waals surface area contributed by atoms with Gasteiger partial charge in [0, 0.05) is 19.3 Å². The predicted molar refractivity (Wildman–Crippen MR) is 98.6 cm³/mol. The zero-order valence-electron chi connectivity index (χ0n) is 15.0. The Bertz CT molecular complexity index is 676. The molecule has 3 rings (SSSR count). The molecule has 1 amide bonds. The highest BCUT2D eigenvalue weighted by molar-refractivity contribution is 5.92. The van der Waals surface area contributed by atoms with E-state index >= 15 is 0 Å². The van der Waals surface area contributed by atoms with Crippen molar-refractivity contribution in [3.8, 4) is 0 Å². The zero-order chi connectivity index (χ0) is 17.6. The van der Waals surface area contributed by atoms with Crippen molar-refractivity contribution in [2.45, 2.75) is 24.9 Å². The van der Waals surface area contributed by atoms with E-state index in [1.165, 1.54) is 0 Å². The molecule has 0 bridgehead atoms. The van der Waals surface area contributed by atoms with Gasteiger partial charge in [-0.05, 0) is 45.1 Å². The van der Waals surface area contributed by atoms with E-state index < -0.39 is 0 Å². The predicted octanol–water partition coefficient (Wildman–Crippen LogP) is 1.84. The lowest BCUT2D eigenvalue weighted by Gasteiger charge is -2.23. The smallest absolute Gasteiger partial charge is 0.272 e. The van der Waals surface area contributed by atoms with Crippen LogP contribution in [0.2, 0.25) is 0 Å². The van der Waals surface area contributed by atoms with Gasteiger partial charge in [0.25, 0.3) is 5.91 Å². The molecular formula is C19H27N5O. The standard InChI is InChI=1S/C19H27N5O/c1-23(2)14-18(15-7-4-3-5-8-15)21-19(25)17-10-12-24(22-17)16-9-6-11-20-13-16/h3-5,7-8,10,12,16,18,20H,6,9,11,13-14H2,1-2H3,(H,21,25). The highest BCUT2D eigenvalue weighted by atomic mass is 16.2. The summed E-state index contributed by atoms with van der Waals surface area (Å²) in [6, 6.07) is 12.1. The molecule has 1 aromatic heterocycles. The maximum Gasteiger partial charge on any atom is 0.272 e. The van der Waals surface area contributed by atoms with Gasteiger partial charge in [0.15, 0.2) is 0 Å². The van der Waals surface area contributed by atoms with Crippen LogP contribution >= 0.6 is 0 Å². The van der Waals surface area contributed by atoms with Crippen LogP contribution < -0.4 is 10.6 Å². The molecule has 2 aromatic rings. The molecule has 1 aromatic carbocycles. The second kappa shape index (κ2) is 8.27. The Labute approximate surface area is 149 Å². The first-order valence-corrected chi connectivity index (χ1v) is 8.90. The molecule has 2 heterocycles. The summed E-state index contributed by atoms with van der Waals surface area (Å²) in [6.45, 7) is 2.72. The second-order valence-electron chi connectivity index (χ2n) is 6.88. The average molecular weight is 341 g/mol. The fraction of sp³-hybridized carbons (Fsp3) is 0.474. The molecule has 1 aliphatic rings. The van der Waals surface area contributed by atoms with E-state index in [-0.39, 0.29) is 11.9 Å². The molecule has 25 heavy (non-hydrogen) atoms. The van der Waals surface area contributed by atoms with Crippen molar-refractivity contribution in [3.63, 3.8) is 0 Å². The third-order valence-corrected chi connectivity index (χ3v) is 4.54. The monoisotopic (exact) mass is 341 g/mol. The summed E-state index contributed by atoms with van der Waals surface area (Å²) in [6.07, 6.45) is 4.16. The van der Waals surface area contributed by atoms with Crippen LogP contribution in [0.4, 0.5) is 0 Å². The molecule has 1 aliphatic heterocycles. The minimum atomic E-state index is -0.127. The van der Waals surface area contributed by atoms with Gasteiger partial charge in [-0.2, -0.15) is 5.10 Å². The molecule has 6 nitrogen and oxygen atoms in total. The van der Waals surface area contributed by atoms with Crippen LogP contribution in [0.15, 0.2) is 42.6 Å². The van der Waals surface area contributed by atoms with E-state index in [9.17, 15) is 4.79 Å². The molecule has 0 aliphatic carbocycles. The first-order valence-electron chi connectivity index (χ1n) is 8.90. The first kappa shape index (κ1) is 17.6. The summed E-state index contributed by atoms with van der Waals surface area (Å²) < 4.78 is 1.92. The van der Waals surface area contributed by atoms with Crippen molar-refractivity contribution in [1.29, 1.82) is 0 Å². The topological polar surface area (TPSA) is 62.2 Å². The van der Waals surface area contributed by atoms with Crippen molar-refractivity contribution < 1.29 is 4.79 Å². The normalized spacial score (nSPS) is 18.9. The summed E-state index contributed by atoms with van der Waals surface area (Å²) >= 11 is 0. The average Bonchev–Trinajstić information content (AvgIpc) is 3.12. The number of carbonyl (C=O) groups is 1. The van der Waals surface area contributed by atoms with Crippen molar-refractivity contribution >= 4 is 5.91 Å². The number of nitrogens with one attached hydrogen (secondary N) is 2. The summed E-state index contributed by atoms with van der Waals surface area (Å²) in [5, 5.41) is 11.0. The Morgan fingerprint density at radius 1 is 1.36 bits per heavy atom. The van der Waals surface area contributed by atoms with E-state index in [4.69, 9.17) is 0 Å². The number of likely N-dealkylation sites (N-methyl/N-ethyl adjacent to an activating group) is 1. The number of rotatable bonds is 6. The van der Waals surface area contributed by atoms with E-state index in [0.717, 1.165) is 38.0 Å². The van der Waals surface area contributed by atoms with Crippen LogP contribution in [0.1, 0.15) is 41.0 Å². The lowest BCUT2D eigenvalue weighted by atomic mass is 10.1. The Hall–Kier alpha value is -2.18. The van der Waals surface area contributed by atoms with Crippen LogP contribution in [0.3, 0.4) is 0 Å². The van der Waals surface area contributed by atoms with Crippen molar-refractivity contribution in [1.82, 2.24) is 25.3 Å².